The summed E-state index contributed by atoms with van der Waals surface area (Å²) in [4.78, 5) is 33.4. The number of aryl methyl sites for hydroxylation is 1. The summed E-state index contributed by atoms with van der Waals surface area (Å²) in [6.07, 6.45) is 2.41. The standard InChI is InChI=1S/C12H12N8O4/c1-18-6(20(23)24)3-14-12(18)9-8-10(13-4-7(21)22)15-5-16-11(8)19(2)17-9/h3,5H,4H2,1-2H3,(H,21,22)(H,13,15,16). The molecule has 3 rings (SSSR count). The van der Waals surface area contributed by atoms with Crippen LogP contribution in [0.3, 0.4) is 0 Å². The smallest absolute Gasteiger partial charge is 0.342 e. The fourth-order valence-electron chi connectivity index (χ4n) is 2.33. The van der Waals surface area contributed by atoms with Crippen molar-refractivity contribution in [1.29, 1.82) is 0 Å². The molecule has 0 aliphatic rings. The molecule has 0 spiro atoms. The van der Waals surface area contributed by atoms with Gasteiger partial charge in [-0.15, -0.1) is 0 Å². The van der Waals surface area contributed by atoms with Crippen LogP contribution in [-0.2, 0) is 18.9 Å². The summed E-state index contributed by atoms with van der Waals surface area (Å²) in [6, 6.07) is 0. The minimum absolute atomic E-state index is 0.194. The molecule has 0 saturated heterocycles. The SMILES string of the molecule is Cn1c([N+](=O)[O-])cnc1-c1nn(C)c2ncnc(NCC(=O)O)c12. The number of nitrogens with one attached hydrogen (secondary N) is 1. The van der Waals surface area contributed by atoms with Gasteiger partial charge in [0.15, 0.2) is 11.3 Å². The van der Waals surface area contributed by atoms with Crippen molar-refractivity contribution in [2.24, 2.45) is 14.1 Å². The molecular formula is C12H12N8O4. The first-order valence-corrected chi connectivity index (χ1v) is 6.70. The van der Waals surface area contributed by atoms with E-state index in [0.717, 1.165) is 6.20 Å². The Bertz CT molecular complexity index is 960. The number of aliphatic carboxylic acids is 1. The molecule has 0 aliphatic carbocycles. The third-order valence-corrected chi connectivity index (χ3v) is 3.39. The highest BCUT2D eigenvalue weighted by Gasteiger charge is 2.25. The van der Waals surface area contributed by atoms with Crippen molar-refractivity contribution < 1.29 is 14.8 Å². The van der Waals surface area contributed by atoms with Crippen LogP contribution in [-0.4, -0.2) is 51.8 Å². The maximum Gasteiger partial charge on any atom is 0.342 e. The van der Waals surface area contributed by atoms with Crippen LogP contribution in [0.15, 0.2) is 12.5 Å². The number of carboxylic acid groups (broad SMARTS) is 1. The Balaban J connectivity index is 2.21. The van der Waals surface area contributed by atoms with E-state index < -0.39 is 10.9 Å². The van der Waals surface area contributed by atoms with Gasteiger partial charge in [-0.2, -0.15) is 5.10 Å². The lowest BCUT2D eigenvalue weighted by Gasteiger charge is -2.04. The largest absolute Gasteiger partial charge is 0.480 e. The van der Waals surface area contributed by atoms with E-state index in [1.807, 2.05) is 0 Å². The summed E-state index contributed by atoms with van der Waals surface area (Å²) in [6.45, 7) is -0.346. The molecule has 0 unspecified atom stereocenters. The van der Waals surface area contributed by atoms with Crippen molar-refractivity contribution in [3.63, 3.8) is 0 Å². The fourth-order valence-corrected chi connectivity index (χ4v) is 2.33. The van der Waals surface area contributed by atoms with E-state index in [2.05, 4.69) is 25.4 Å². The quantitative estimate of drug-likeness (QED) is 0.491. The number of carbonyl (C=O) groups is 1. The lowest BCUT2D eigenvalue weighted by molar-refractivity contribution is -0.391. The molecule has 0 aliphatic heterocycles. The Hall–Kier alpha value is -3.57. The lowest BCUT2D eigenvalue weighted by atomic mass is 10.2. The Labute approximate surface area is 133 Å². The van der Waals surface area contributed by atoms with Crippen LogP contribution in [0.5, 0.6) is 0 Å². The predicted octanol–water partition coefficient (Wildman–Crippen LogP) is 0.168. The summed E-state index contributed by atoms with van der Waals surface area (Å²) in [5.41, 5.74) is 0.759. The van der Waals surface area contributed by atoms with E-state index in [0.29, 0.717) is 16.7 Å². The first kappa shape index (κ1) is 15.3. The zero-order valence-electron chi connectivity index (χ0n) is 12.7. The second-order valence-electron chi connectivity index (χ2n) is 4.90. The number of nitro groups is 1. The molecule has 0 aromatic carbocycles. The van der Waals surface area contributed by atoms with Crippen molar-refractivity contribution in [3.8, 4) is 11.5 Å². The monoisotopic (exact) mass is 332 g/mol. The number of hydrogen-bond acceptors (Lipinski definition) is 8. The van der Waals surface area contributed by atoms with Crippen LogP contribution in [0.1, 0.15) is 0 Å². The minimum Gasteiger partial charge on any atom is -0.480 e. The van der Waals surface area contributed by atoms with E-state index in [1.165, 1.54) is 22.6 Å². The maximum atomic E-state index is 11.0. The first-order valence-electron chi connectivity index (χ1n) is 6.70. The highest BCUT2D eigenvalue weighted by atomic mass is 16.6. The second kappa shape index (κ2) is 5.57. The van der Waals surface area contributed by atoms with Crippen molar-refractivity contribution in [2.75, 3.05) is 11.9 Å². The molecular weight excluding hydrogens is 320 g/mol. The zero-order chi connectivity index (χ0) is 17.4. The van der Waals surface area contributed by atoms with E-state index in [4.69, 9.17) is 5.11 Å². The van der Waals surface area contributed by atoms with Gasteiger partial charge in [-0.1, -0.05) is 0 Å². The molecule has 12 heteroatoms. The van der Waals surface area contributed by atoms with Gasteiger partial charge in [-0.25, -0.2) is 24.2 Å². The molecule has 0 saturated carbocycles. The molecule has 124 valence electrons. The molecule has 3 aromatic rings. The molecule has 0 bridgehead atoms. The van der Waals surface area contributed by atoms with Crippen molar-refractivity contribution >= 4 is 28.6 Å². The molecule has 0 radical (unpaired) electrons. The summed E-state index contributed by atoms with van der Waals surface area (Å²) in [5, 5.41) is 27.2. The third kappa shape index (κ3) is 2.39. The number of carboxylic acids is 1. The van der Waals surface area contributed by atoms with Crippen LogP contribution < -0.4 is 5.32 Å². The third-order valence-electron chi connectivity index (χ3n) is 3.39. The van der Waals surface area contributed by atoms with Crippen LogP contribution in [0.25, 0.3) is 22.6 Å². The van der Waals surface area contributed by atoms with Crippen LogP contribution in [0, 0.1) is 10.1 Å². The average molecular weight is 332 g/mol. The molecule has 2 N–H and O–H groups in total. The van der Waals surface area contributed by atoms with Gasteiger partial charge >= 0.3 is 11.8 Å². The van der Waals surface area contributed by atoms with Gasteiger partial charge in [0, 0.05) is 7.05 Å². The first-order chi connectivity index (χ1) is 11.4. The van der Waals surface area contributed by atoms with E-state index in [1.54, 1.807) is 7.05 Å². The topological polar surface area (TPSA) is 154 Å². The van der Waals surface area contributed by atoms with Gasteiger partial charge in [0.25, 0.3) is 0 Å². The molecule has 12 nitrogen and oxygen atoms in total. The normalized spacial score (nSPS) is 10.9. The summed E-state index contributed by atoms with van der Waals surface area (Å²) in [7, 11) is 3.15. The molecule has 0 fully saturated rings. The molecule has 3 aromatic heterocycles. The van der Waals surface area contributed by atoms with Gasteiger partial charge in [-0.3, -0.25) is 4.79 Å². The highest BCUT2D eigenvalue weighted by molar-refractivity contribution is 5.98. The number of hydrogen-bond donors (Lipinski definition) is 2. The Morgan fingerprint density at radius 1 is 1.38 bits per heavy atom. The molecule has 0 atom stereocenters. The van der Waals surface area contributed by atoms with E-state index in [-0.39, 0.29) is 24.0 Å². The van der Waals surface area contributed by atoms with Crippen molar-refractivity contribution in [2.45, 2.75) is 0 Å². The van der Waals surface area contributed by atoms with Crippen LogP contribution in [0.4, 0.5) is 11.6 Å². The minimum atomic E-state index is -1.06. The maximum absolute atomic E-state index is 11.0. The van der Waals surface area contributed by atoms with Crippen LogP contribution >= 0.6 is 0 Å². The van der Waals surface area contributed by atoms with E-state index >= 15 is 0 Å². The van der Waals surface area contributed by atoms with E-state index in [9.17, 15) is 14.9 Å². The average Bonchev–Trinajstić information content (AvgIpc) is 3.06. The summed E-state index contributed by atoms with van der Waals surface area (Å²) < 4.78 is 2.76. The van der Waals surface area contributed by atoms with Gasteiger partial charge in [0.05, 0.1) is 12.4 Å². The Morgan fingerprint density at radius 2 is 2.12 bits per heavy atom. The Kier molecular flexibility index (Phi) is 3.56. The summed E-state index contributed by atoms with van der Waals surface area (Å²) >= 11 is 0. The zero-order valence-corrected chi connectivity index (χ0v) is 12.7. The van der Waals surface area contributed by atoms with Crippen molar-refractivity contribution in [3.05, 3.63) is 22.6 Å². The molecule has 0 amide bonds. The molecule has 24 heavy (non-hydrogen) atoms. The highest BCUT2D eigenvalue weighted by Crippen LogP contribution is 2.31. The number of fused-ring (bicyclic) bond motifs is 1. The number of nitrogens with zero attached hydrogens (tertiary/aromatic N) is 7. The number of aromatic nitrogens is 6. The van der Waals surface area contributed by atoms with Crippen molar-refractivity contribution in [1.82, 2.24) is 29.3 Å². The van der Waals surface area contributed by atoms with Gasteiger partial charge in [-0.05, 0) is 4.92 Å². The summed E-state index contributed by atoms with van der Waals surface area (Å²) in [5.74, 6) is -0.739. The fraction of sp³-hybridized carbons (Fsp3) is 0.250. The predicted molar refractivity (Wildman–Crippen MR) is 81.3 cm³/mol. The van der Waals surface area contributed by atoms with Gasteiger partial charge in [0.2, 0.25) is 5.82 Å². The van der Waals surface area contributed by atoms with Gasteiger partial charge < -0.3 is 20.5 Å². The Morgan fingerprint density at radius 3 is 2.75 bits per heavy atom. The lowest BCUT2D eigenvalue weighted by Crippen LogP contribution is -2.13. The van der Waals surface area contributed by atoms with Gasteiger partial charge in [0.1, 0.15) is 24.9 Å². The number of rotatable bonds is 5. The number of imidazole rings is 1. The second-order valence-corrected chi connectivity index (χ2v) is 4.90. The van der Waals surface area contributed by atoms with Crippen LogP contribution in [0.2, 0.25) is 0 Å². The molecule has 3 heterocycles. The number of anilines is 1.